The molecule has 0 bridgehead atoms. The highest BCUT2D eigenvalue weighted by atomic mass is 16.5. The van der Waals surface area contributed by atoms with Crippen molar-refractivity contribution in [2.24, 2.45) is 0 Å². The number of esters is 1. The van der Waals surface area contributed by atoms with Gasteiger partial charge >= 0.3 is 5.97 Å². The first-order valence-electron chi connectivity index (χ1n) is 7.07. The molecule has 1 aliphatic carbocycles. The minimum absolute atomic E-state index is 0.0259. The van der Waals surface area contributed by atoms with Gasteiger partial charge in [-0.25, -0.2) is 0 Å². The quantitative estimate of drug-likeness (QED) is 0.734. The van der Waals surface area contributed by atoms with Crippen molar-refractivity contribution in [2.75, 3.05) is 0 Å². The summed E-state index contributed by atoms with van der Waals surface area (Å²) in [5.74, 6) is -0.193. The second-order valence-electron chi connectivity index (χ2n) is 5.29. The van der Waals surface area contributed by atoms with Gasteiger partial charge < -0.3 is 4.74 Å². The SMILES string of the molecule is CC(=O)O[C@H]1CCc2ccccc2-c2ccccc2C1. The number of carbonyl (C=O) groups is 1. The van der Waals surface area contributed by atoms with E-state index >= 15 is 0 Å². The second-order valence-corrected chi connectivity index (χ2v) is 5.29. The van der Waals surface area contributed by atoms with E-state index in [2.05, 4.69) is 42.5 Å². The molecule has 0 spiro atoms. The lowest BCUT2D eigenvalue weighted by Crippen LogP contribution is -2.21. The van der Waals surface area contributed by atoms with E-state index in [1.807, 2.05) is 6.07 Å². The molecular formula is C18H18O2. The molecule has 0 fully saturated rings. The van der Waals surface area contributed by atoms with Crippen molar-refractivity contribution in [3.05, 3.63) is 59.7 Å². The van der Waals surface area contributed by atoms with E-state index in [-0.39, 0.29) is 12.1 Å². The number of hydrogen-bond acceptors (Lipinski definition) is 2. The van der Waals surface area contributed by atoms with Gasteiger partial charge in [-0.2, -0.15) is 0 Å². The van der Waals surface area contributed by atoms with Crippen LogP contribution in [0, 0.1) is 0 Å². The minimum atomic E-state index is -0.193. The highest BCUT2D eigenvalue weighted by molar-refractivity contribution is 5.71. The van der Waals surface area contributed by atoms with Gasteiger partial charge in [0.2, 0.25) is 0 Å². The third-order valence-electron chi connectivity index (χ3n) is 3.84. The zero-order chi connectivity index (χ0) is 13.9. The lowest BCUT2D eigenvalue weighted by molar-refractivity contribution is -0.146. The summed E-state index contributed by atoms with van der Waals surface area (Å²) in [4.78, 5) is 11.2. The van der Waals surface area contributed by atoms with Crippen molar-refractivity contribution < 1.29 is 9.53 Å². The van der Waals surface area contributed by atoms with Gasteiger partial charge in [0, 0.05) is 13.3 Å². The third-order valence-corrected chi connectivity index (χ3v) is 3.84. The smallest absolute Gasteiger partial charge is 0.302 e. The number of aryl methyl sites for hydroxylation is 1. The summed E-state index contributed by atoms with van der Waals surface area (Å²) >= 11 is 0. The molecule has 3 rings (SSSR count). The Morgan fingerprint density at radius 2 is 1.60 bits per heavy atom. The van der Waals surface area contributed by atoms with Crippen LogP contribution in [0.3, 0.4) is 0 Å². The normalized spacial score (nSPS) is 17.4. The Balaban J connectivity index is 2.04. The van der Waals surface area contributed by atoms with Crippen molar-refractivity contribution in [1.29, 1.82) is 0 Å². The molecule has 102 valence electrons. The topological polar surface area (TPSA) is 26.3 Å². The maximum Gasteiger partial charge on any atom is 0.302 e. The van der Waals surface area contributed by atoms with Crippen LogP contribution in [0.15, 0.2) is 48.5 Å². The molecule has 0 aliphatic heterocycles. The summed E-state index contributed by atoms with van der Waals surface area (Å²) in [6.07, 6.45) is 2.60. The molecule has 0 unspecified atom stereocenters. The monoisotopic (exact) mass is 266 g/mol. The summed E-state index contributed by atoms with van der Waals surface area (Å²) in [5, 5.41) is 0. The van der Waals surface area contributed by atoms with Crippen LogP contribution >= 0.6 is 0 Å². The Hall–Kier alpha value is -2.09. The standard InChI is InChI=1S/C18H18O2/c1-13(19)20-16-11-10-14-6-2-4-8-17(14)18-9-5-3-7-15(18)12-16/h2-9,16H,10-12H2,1H3/t16-/m0/s1. The fourth-order valence-electron chi connectivity index (χ4n) is 2.96. The molecule has 2 heteroatoms. The highest BCUT2D eigenvalue weighted by Gasteiger charge is 2.20. The molecule has 2 nitrogen and oxygen atoms in total. The van der Waals surface area contributed by atoms with E-state index in [4.69, 9.17) is 4.74 Å². The van der Waals surface area contributed by atoms with E-state index < -0.39 is 0 Å². The largest absolute Gasteiger partial charge is 0.462 e. The molecular weight excluding hydrogens is 248 g/mol. The first-order valence-corrected chi connectivity index (χ1v) is 7.07. The van der Waals surface area contributed by atoms with Gasteiger partial charge in [-0.15, -0.1) is 0 Å². The number of hydrogen-bond donors (Lipinski definition) is 0. The van der Waals surface area contributed by atoms with E-state index in [0.29, 0.717) is 0 Å². The molecule has 0 heterocycles. The summed E-state index contributed by atoms with van der Waals surface area (Å²) in [7, 11) is 0. The predicted molar refractivity (Wildman–Crippen MR) is 79.5 cm³/mol. The van der Waals surface area contributed by atoms with Gasteiger partial charge in [-0.3, -0.25) is 4.79 Å². The minimum Gasteiger partial charge on any atom is -0.462 e. The number of rotatable bonds is 1. The zero-order valence-corrected chi connectivity index (χ0v) is 11.6. The average Bonchev–Trinajstić information content (AvgIpc) is 2.43. The summed E-state index contributed by atoms with van der Waals surface area (Å²) < 4.78 is 5.46. The third kappa shape index (κ3) is 2.60. The van der Waals surface area contributed by atoms with Crippen molar-refractivity contribution in [3.8, 4) is 11.1 Å². The van der Waals surface area contributed by atoms with Crippen LogP contribution in [0.2, 0.25) is 0 Å². The predicted octanol–water partition coefficient (Wildman–Crippen LogP) is 3.77. The Kier molecular flexibility index (Phi) is 3.55. The molecule has 0 amide bonds. The molecule has 0 aromatic heterocycles. The Labute approximate surface area is 119 Å². The van der Waals surface area contributed by atoms with Crippen LogP contribution in [0.25, 0.3) is 11.1 Å². The van der Waals surface area contributed by atoms with Crippen LogP contribution < -0.4 is 0 Å². The van der Waals surface area contributed by atoms with Crippen molar-refractivity contribution >= 4 is 5.97 Å². The summed E-state index contributed by atoms with van der Waals surface area (Å²) in [6.45, 7) is 1.48. The maximum atomic E-state index is 11.2. The molecule has 0 saturated carbocycles. The fourth-order valence-corrected chi connectivity index (χ4v) is 2.96. The fraction of sp³-hybridized carbons (Fsp3) is 0.278. The first kappa shape index (κ1) is 12.9. The molecule has 0 N–H and O–H groups in total. The zero-order valence-electron chi connectivity index (χ0n) is 11.6. The molecule has 0 radical (unpaired) electrons. The maximum absolute atomic E-state index is 11.2. The highest BCUT2D eigenvalue weighted by Crippen LogP contribution is 2.32. The Morgan fingerprint density at radius 1 is 1.00 bits per heavy atom. The van der Waals surface area contributed by atoms with Gasteiger partial charge in [0.1, 0.15) is 6.10 Å². The second kappa shape index (κ2) is 5.49. The molecule has 0 saturated heterocycles. The lowest BCUT2D eigenvalue weighted by atomic mass is 9.87. The summed E-state index contributed by atoms with van der Waals surface area (Å²) in [6, 6.07) is 16.9. The molecule has 2 aromatic rings. The van der Waals surface area contributed by atoms with Crippen LogP contribution in [-0.2, 0) is 22.4 Å². The van der Waals surface area contributed by atoms with Crippen molar-refractivity contribution in [1.82, 2.24) is 0 Å². The van der Waals surface area contributed by atoms with Crippen LogP contribution in [0.5, 0.6) is 0 Å². The van der Waals surface area contributed by atoms with Gasteiger partial charge in [0.25, 0.3) is 0 Å². The van der Waals surface area contributed by atoms with Crippen LogP contribution in [0.1, 0.15) is 24.5 Å². The Bertz CT molecular complexity index is 631. The molecule has 20 heavy (non-hydrogen) atoms. The van der Waals surface area contributed by atoms with Gasteiger partial charge in [0.05, 0.1) is 0 Å². The number of fused-ring (bicyclic) bond motifs is 3. The molecule has 1 atom stereocenters. The number of benzene rings is 2. The summed E-state index contributed by atoms with van der Waals surface area (Å²) in [5.41, 5.74) is 5.16. The van der Waals surface area contributed by atoms with Crippen LogP contribution in [0.4, 0.5) is 0 Å². The molecule has 1 aliphatic rings. The average molecular weight is 266 g/mol. The van der Waals surface area contributed by atoms with Gasteiger partial charge in [-0.1, -0.05) is 48.5 Å². The number of carbonyl (C=O) groups excluding carboxylic acids is 1. The van der Waals surface area contributed by atoms with Crippen LogP contribution in [-0.4, -0.2) is 12.1 Å². The van der Waals surface area contributed by atoms with E-state index in [0.717, 1.165) is 19.3 Å². The number of ether oxygens (including phenoxy) is 1. The van der Waals surface area contributed by atoms with Gasteiger partial charge in [0.15, 0.2) is 0 Å². The van der Waals surface area contributed by atoms with Gasteiger partial charge in [-0.05, 0) is 35.1 Å². The Morgan fingerprint density at radius 3 is 2.30 bits per heavy atom. The van der Waals surface area contributed by atoms with Crippen molar-refractivity contribution in [2.45, 2.75) is 32.3 Å². The van der Waals surface area contributed by atoms with E-state index in [9.17, 15) is 4.79 Å². The van der Waals surface area contributed by atoms with E-state index in [1.165, 1.54) is 29.2 Å². The lowest BCUT2D eigenvalue weighted by Gasteiger charge is -2.23. The van der Waals surface area contributed by atoms with Crippen molar-refractivity contribution in [3.63, 3.8) is 0 Å². The molecule has 2 aromatic carbocycles. The first-order chi connectivity index (χ1) is 9.74. The van der Waals surface area contributed by atoms with E-state index in [1.54, 1.807) is 0 Å².